The summed E-state index contributed by atoms with van der Waals surface area (Å²) in [6.07, 6.45) is 2.99. The Morgan fingerprint density at radius 1 is 1.45 bits per heavy atom. The van der Waals surface area contributed by atoms with Crippen molar-refractivity contribution in [1.29, 1.82) is 0 Å². The third kappa shape index (κ3) is 2.99. The van der Waals surface area contributed by atoms with Gasteiger partial charge in [-0.2, -0.15) is 4.98 Å². The van der Waals surface area contributed by atoms with Crippen LogP contribution in [0, 0.1) is 6.92 Å². The average Bonchev–Trinajstić information content (AvgIpc) is 2.87. The summed E-state index contributed by atoms with van der Waals surface area (Å²) in [5.41, 5.74) is 8.52. The van der Waals surface area contributed by atoms with E-state index in [4.69, 9.17) is 5.73 Å². The number of aromatic amines is 1. The predicted octanol–water partition coefficient (Wildman–Crippen LogP) is 1.63. The third-order valence-corrected chi connectivity index (χ3v) is 3.71. The molecule has 0 radical (unpaired) electrons. The number of aryl methyl sites for hydroxylation is 1. The Balaban J connectivity index is 1.70. The normalized spacial score (nSPS) is 19.3. The van der Waals surface area contributed by atoms with E-state index in [1.54, 1.807) is 0 Å². The van der Waals surface area contributed by atoms with E-state index in [9.17, 15) is 0 Å². The second-order valence-corrected chi connectivity index (χ2v) is 5.60. The van der Waals surface area contributed by atoms with Crippen LogP contribution in [-0.2, 0) is 6.42 Å². The van der Waals surface area contributed by atoms with E-state index in [1.807, 2.05) is 0 Å². The summed E-state index contributed by atoms with van der Waals surface area (Å²) < 4.78 is 0. The average molecular weight is 271 g/mol. The molecule has 1 atom stereocenters. The molecule has 1 saturated heterocycles. The highest BCUT2D eigenvalue weighted by Crippen LogP contribution is 2.16. The lowest BCUT2D eigenvalue weighted by Gasteiger charge is -2.29. The Hall–Kier alpha value is -1.88. The van der Waals surface area contributed by atoms with E-state index < -0.39 is 0 Å². The minimum absolute atomic E-state index is 0.238. The van der Waals surface area contributed by atoms with Crippen LogP contribution in [-0.4, -0.2) is 34.3 Å². The summed E-state index contributed by atoms with van der Waals surface area (Å²) >= 11 is 0. The van der Waals surface area contributed by atoms with Crippen LogP contribution in [0.5, 0.6) is 0 Å². The Kier molecular flexibility index (Phi) is 3.69. The zero-order valence-electron chi connectivity index (χ0n) is 11.8. The van der Waals surface area contributed by atoms with Gasteiger partial charge in [0.2, 0.25) is 5.95 Å². The second kappa shape index (κ2) is 5.63. The number of hydrogen-bond donors (Lipinski definition) is 2. The molecule has 5 heteroatoms. The fourth-order valence-electron chi connectivity index (χ4n) is 2.71. The van der Waals surface area contributed by atoms with Gasteiger partial charge in [-0.1, -0.05) is 29.8 Å². The van der Waals surface area contributed by atoms with E-state index in [-0.39, 0.29) is 6.04 Å². The Morgan fingerprint density at radius 3 is 3.15 bits per heavy atom. The van der Waals surface area contributed by atoms with Gasteiger partial charge in [0, 0.05) is 25.6 Å². The zero-order valence-corrected chi connectivity index (χ0v) is 11.8. The number of piperidine rings is 1. The molecule has 1 aromatic heterocycles. The van der Waals surface area contributed by atoms with Crippen LogP contribution in [0.1, 0.15) is 29.8 Å². The van der Waals surface area contributed by atoms with Crippen LogP contribution in [0.3, 0.4) is 0 Å². The molecule has 1 aliphatic heterocycles. The van der Waals surface area contributed by atoms with E-state index in [0.717, 1.165) is 44.1 Å². The van der Waals surface area contributed by atoms with Gasteiger partial charge >= 0.3 is 0 Å². The summed E-state index contributed by atoms with van der Waals surface area (Å²) in [7, 11) is 0. The van der Waals surface area contributed by atoms with Crippen molar-refractivity contribution in [2.45, 2.75) is 32.2 Å². The van der Waals surface area contributed by atoms with Crippen molar-refractivity contribution in [2.24, 2.45) is 5.73 Å². The SMILES string of the molecule is Cc1cccc(Cc2nc(N3CCCC(N)C3)n[nH]2)c1. The van der Waals surface area contributed by atoms with Crippen molar-refractivity contribution >= 4 is 5.95 Å². The fraction of sp³-hybridized carbons (Fsp3) is 0.467. The first-order chi connectivity index (χ1) is 9.70. The minimum atomic E-state index is 0.238. The summed E-state index contributed by atoms with van der Waals surface area (Å²) in [5, 5.41) is 7.37. The molecule has 0 aliphatic carbocycles. The molecule has 3 rings (SSSR count). The van der Waals surface area contributed by atoms with E-state index in [0.29, 0.717) is 0 Å². The van der Waals surface area contributed by atoms with Crippen molar-refractivity contribution in [3.8, 4) is 0 Å². The number of benzene rings is 1. The molecule has 20 heavy (non-hydrogen) atoms. The highest BCUT2D eigenvalue weighted by Gasteiger charge is 2.20. The third-order valence-electron chi connectivity index (χ3n) is 3.71. The number of nitrogens with one attached hydrogen (secondary N) is 1. The molecule has 1 fully saturated rings. The maximum absolute atomic E-state index is 6.00. The molecule has 1 aromatic carbocycles. The molecule has 106 valence electrons. The van der Waals surface area contributed by atoms with Gasteiger partial charge in [0.1, 0.15) is 5.82 Å². The van der Waals surface area contributed by atoms with Crippen molar-refractivity contribution in [2.75, 3.05) is 18.0 Å². The number of anilines is 1. The van der Waals surface area contributed by atoms with Crippen molar-refractivity contribution < 1.29 is 0 Å². The first-order valence-electron chi connectivity index (χ1n) is 7.18. The Morgan fingerprint density at radius 2 is 2.35 bits per heavy atom. The van der Waals surface area contributed by atoms with Crippen LogP contribution >= 0.6 is 0 Å². The van der Waals surface area contributed by atoms with Crippen molar-refractivity contribution in [1.82, 2.24) is 15.2 Å². The van der Waals surface area contributed by atoms with Crippen LogP contribution in [0.4, 0.5) is 5.95 Å². The first-order valence-corrected chi connectivity index (χ1v) is 7.18. The van der Waals surface area contributed by atoms with Crippen LogP contribution in [0.15, 0.2) is 24.3 Å². The van der Waals surface area contributed by atoms with E-state index >= 15 is 0 Å². The standard InChI is InChI=1S/C15H21N5/c1-11-4-2-5-12(8-11)9-14-17-15(19-18-14)20-7-3-6-13(16)10-20/h2,4-5,8,13H,3,6-7,9-10,16H2,1H3,(H,17,18,19). The van der Waals surface area contributed by atoms with Crippen molar-refractivity contribution in [3.63, 3.8) is 0 Å². The first kappa shape index (κ1) is 13.1. The largest absolute Gasteiger partial charge is 0.338 e. The Labute approximate surface area is 119 Å². The summed E-state index contributed by atoms with van der Waals surface area (Å²) in [4.78, 5) is 6.77. The molecule has 0 bridgehead atoms. The predicted molar refractivity (Wildman–Crippen MR) is 79.8 cm³/mol. The lowest BCUT2D eigenvalue weighted by atomic mass is 10.1. The molecular weight excluding hydrogens is 250 g/mol. The molecule has 5 nitrogen and oxygen atoms in total. The van der Waals surface area contributed by atoms with Gasteiger partial charge in [-0.3, -0.25) is 5.10 Å². The highest BCUT2D eigenvalue weighted by molar-refractivity contribution is 5.31. The number of aromatic nitrogens is 3. The van der Waals surface area contributed by atoms with Crippen LogP contribution < -0.4 is 10.6 Å². The molecular formula is C15H21N5. The topological polar surface area (TPSA) is 70.8 Å². The smallest absolute Gasteiger partial charge is 0.244 e. The lowest BCUT2D eigenvalue weighted by molar-refractivity contribution is 0.500. The molecule has 2 heterocycles. The maximum Gasteiger partial charge on any atom is 0.244 e. The fourth-order valence-corrected chi connectivity index (χ4v) is 2.71. The van der Waals surface area contributed by atoms with Gasteiger partial charge in [-0.15, -0.1) is 5.10 Å². The summed E-state index contributed by atoms with van der Waals surface area (Å²) in [5.74, 6) is 1.69. The van der Waals surface area contributed by atoms with Crippen molar-refractivity contribution in [3.05, 3.63) is 41.2 Å². The highest BCUT2D eigenvalue weighted by atomic mass is 15.4. The van der Waals surface area contributed by atoms with Gasteiger partial charge in [0.15, 0.2) is 0 Å². The molecule has 0 amide bonds. The molecule has 1 unspecified atom stereocenters. The zero-order chi connectivity index (χ0) is 13.9. The van der Waals surface area contributed by atoms with Gasteiger partial charge in [0.25, 0.3) is 0 Å². The Bertz CT molecular complexity index is 577. The van der Waals surface area contributed by atoms with E-state index in [2.05, 4.69) is 51.3 Å². The van der Waals surface area contributed by atoms with Crippen LogP contribution in [0.2, 0.25) is 0 Å². The second-order valence-electron chi connectivity index (χ2n) is 5.60. The van der Waals surface area contributed by atoms with E-state index in [1.165, 1.54) is 11.1 Å². The molecule has 3 N–H and O–H groups in total. The minimum Gasteiger partial charge on any atom is -0.338 e. The van der Waals surface area contributed by atoms with Gasteiger partial charge in [0.05, 0.1) is 0 Å². The molecule has 2 aromatic rings. The summed E-state index contributed by atoms with van der Waals surface area (Å²) in [6, 6.07) is 8.71. The number of hydrogen-bond acceptors (Lipinski definition) is 4. The number of nitrogens with two attached hydrogens (primary N) is 1. The van der Waals surface area contributed by atoms with Gasteiger partial charge in [-0.05, 0) is 25.3 Å². The summed E-state index contributed by atoms with van der Waals surface area (Å²) in [6.45, 7) is 3.95. The van der Waals surface area contributed by atoms with Gasteiger partial charge in [-0.25, -0.2) is 0 Å². The molecule has 0 saturated carbocycles. The monoisotopic (exact) mass is 271 g/mol. The van der Waals surface area contributed by atoms with Gasteiger partial charge < -0.3 is 10.6 Å². The quantitative estimate of drug-likeness (QED) is 0.890. The van der Waals surface area contributed by atoms with Crippen LogP contribution in [0.25, 0.3) is 0 Å². The lowest BCUT2D eigenvalue weighted by Crippen LogP contribution is -2.43. The number of nitrogens with zero attached hydrogens (tertiary/aromatic N) is 3. The maximum atomic E-state index is 6.00. The molecule has 0 spiro atoms. The number of H-pyrrole nitrogens is 1. The number of rotatable bonds is 3. The molecule has 1 aliphatic rings.